The molecule has 6 rings (SSSR count). The first-order valence-electron chi connectivity index (χ1n) is 15.3. The molecule has 0 bridgehead atoms. The molecule has 48 heavy (non-hydrogen) atoms. The van der Waals surface area contributed by atoms with Crippen LogP contribution in [0.15, 0.2) is 60.7 Å². The summed E-state index contributed by atoms with van der Waals surface area (Å²) in [5, 5.41) is 2.84. The molecular weight excluding hydrogens is 623 g/mol. The summed E-state index contributed by atoms with van der Waals surface area (Å²) in [5.74, 6) is -0.819. The summed E-state index contributed by atoms with van der Waals surface area (Å²) in [6.45, 7) is 5.05. The number of carbonyl (C=O) groups is 3. The van der Waals surface area contributed by atoms with Gasteiger partial charge in [0.2, 0.25) is 5.91 Å². The van der Waals surface area contributed by atoms with E-state index in [-0.39, 0.29) is 34.3 Å². The lowest BCUT2D eigenvalue weighted by molar-refractivity contribution is -0.137. The molecule has 4 N–H and O–H groups in total. The molecule has 2 aliphatic heterocycles. The third-order valence-electron chi connectivity index (χ3n) is 8.93. The minimum atomic E-state index is -4.72. The minimum absolute atomic E-state index is 0.0369. The summed E-state index contributed by atoms with van der Waals surface area (Å²) in [4.78, 5) is 45.9. The number of aromatic nitrogens is 1. The summed E-state index contributed by atoms with van der Waals surface area (Å²) in [6.07, 6.45) is -2.08. The van der Waals surface area contributed by atoms with Gasteiger partial charge in [-0.05, 0) is 88.0 Å². The number of alkyl halides is 3. The SMILES string of the molecule is Cc1[nH]c(C=C2C(=O)Nc3cc(Oc4cccc(-c5c(C(N)=O)cccc5C(F)(F)F)c4)ccc32)c(C)c1C(=O)N1CCC(N(C)C)C1. The number of carbonyl (C=O) groups excluding carboxylic acids is 3. The van der Waals surface area contributed by atoms with Crippen LogP contribution in [-0.2, 0) is 11.0 Å². The maximum atomic E-state index is 13.9. The number of aromatic amines is 1. The first-order valence-corrected chi connectivity index (χ1v) is 15.3. The van der Waals surface area contributed by atoms with Crippen LogP contribution in [-0.4, -0.2) is 65.7 Å². The van der Waals surface area contributed by atoms with Gasteiger partial charge in [-0.1, -0.05) is 18.2 Å². The number of nitrogens with one attached hydrogen (secondary N) is 2. The lowest BCUT2D eigenvalue weighted by Gasteiger charge is -2.20. The highest BCUT2D eigenvalue weighted by Crippen LogP contribution is 2.41. The summed E-state index contributed by atoms with van der Waals surface area (Å²) in [7, 11) is 4.02. The Kier molecular flexibility index (Phi) is 8.38. The number of anilines is 1. The van der Waals surface area contributed by atoms with E-state index in [9.17, 15) is 27.6 Å². The highest BCUT2D eigenvalue weighted by molar-refractivity contribution is 6.35. The van der Waals surface area contributed by atoms with Gasteiger partial charge in [-0.25, -0.2) is 0 Å². The molecule has 0 aliphatic carbocycles. The zero-order chi connectivity index (χ0) is 34.5. The van der Waals surface area contributed by atoms with Crippen molar-refractivity contribution in [1.29, 1.82) is 0 Å². The van der Waals surface area contributed by atoms with Crippen LogP contribution in [0.2, 0.25) is 0 Å². The second-order valence-corrected chi connectivity index (χ2v) is 12.3. The highest BCUT2D eigenvalue weighted by Gasteiger charge is 2.36. The third-order valence-corrected chi connectivity index (χ3v) is 8.93. The quantitative estimate of drug-likeness (QED) is 0.197. The number of hydrogen-bond donors (Lipinski definition) is 3. The molecule has 3 heterocycles. The van der Waals surface area contributed by atoms with Crippen LogP contribution in [0, 0.1) is 13.8 Å². The summed E-state index contributed by atoms with van der Waals surface area (Å²) in [5.41, 5.74) is 8.19. The number of benzene rings is 3. The van der Waals surface area contributed by atoms with Gasteiger partial charge in [-0.2, -0.15) is 13.2 Å². The van der Waals surface area contributed by atoms with Gasteiger partial charge in [0.25, 0.3) is 11.8 Å². The normalized spacial score (nSPS) is 16.8. The molecule has 0 spiro atoms. The van der Waals surface area contributed by atoms with Crippen molar-refractivity contribution < 1.29 is 32.3 Å². The number of likely N-dealkylation sites (tertiary alicyclic amines) is 1. The predicted molar refractivity (Wildman–Crippen MR) is 177 cm³/mol. The van der Waals surface area contributed by atoms with Gasteiger partial charge in [0, 0.05) is 53.3 Å². The van der Waals surface area contributed by atoms with Crippen LogP contribution in [0.3, 0.4) is 0 Å². The first kappa shape index (κ1) is 32.6. The van der Waals surface area contributed by atoms with Gasteiger partial charge < -0.3 is 30.6 Å². The number of aryl methyl sites for hydroxylation is 1. The van der Waals surface area contributed by atoms with Crippen LogP contribution in [0.5, 0.6) is 11.5 Å². The minimum Gasteiger partial charge on any atom is -0.457 e. The van der Waals surface area contributed by atoms with Crippen molar-refractivity contribution in [2.45, 2.75) is 32.5 Å². The van der Waals surface area contributed by atoms with Crippen molar-refractivity contribution >= 4 is 35.1 Å². The van der Waals surface area contributed by atoms with Gasteiger partial charge in [0.05, 0.1) is 22.4 Å². The molecular formula is C36H34F3N5O4. The van der Waals surface area contributed by atoms with Gasteiger partial charge in [-0.3, -0.25) is 14.4 Å². The fourth-order valence-electron chi connectivity index (χ4n) is 6.43. The molecule has 1 aromatic heterocycles. The van der Waals surface area contributed by atoms with E-state index in [1.807, 2.05) is 32.8 Å². The smallest absolute Gasteiger partial charge is 0.417 e. The standard InChI is InChI=1S/C36H34F3N5O4/c1-19-29(41-20(2)31(19)35(47)44-14-13-22(18-44)43(3)4)17-27-25-12-11-24(16-30(25)42-34(27)46)48-23-8-5-7-21(15-23)32-26(33(40)45)9-6-10-28(32)36(37,38)39/h5-12,15-17,22,41H,13-14,18H2,1-4H3,(H2,40,45)(H,42,46). The van der Waals surface area contributed by atoms with E-state index in [4.69, 9.17) is 10.5 Å². The Bertz CT molecular complexity index is 2000. The van der Waals surface area contributed by atoms with E-state index in [1.165, 1.54) is 24.3 Å². The molecule has 3 aromatic carbocycles. The number of rotatable bonds is 7. The third kappa shape index (κ3) is 6.06. The Balaban J connectivity index is 1.26. The lowest BCUT2D eigenvalue weighted by atomic mass is 9.93. The number of nitrogens with zero attached hydrogens (tertiary/aromatic N) is 2. The van der Waals surface area contributed by atoms with Gasteiger partial charge in [0.15, 0.2) is 0 Å². The average Bonchev–Trinajstić information content (AvgIpc) is 3.72. The zero-order valence-corrected chi connectivity index (χ0v) is 26.8. The average molecular weight is 658 g/mol. The molecule has 9 nitrogen and oxygen atoms in total. The molecule has 0 radical (unpaired) electrons. The van der Waals surface area contributed by atoms with Crippen molar-refractivity contribution in [3.63, 3.8) is 0 Å². The highest BCUT2D eigenvalue weighted by atomic mass is 19.4. The summed E-state index contributed by atoms with van der Waals surface area (Å²) >= 11 is 0. The molecule has 248 valence electrons. The van der Waals surface area contributed by atoms with Crippen molar-refractivity contribution in [3.05, 3.63) is 99.9 Å². The Morgan fingerprint density at radius 1 is 1.04 bits per heavy atom. The fourth-order valence-corrected chi connectivity index (χ4v) is 6.43. The Morgan fingerprint density at radius 3 is 2.46 bits per heavy atom. The van der Waals surface area contributed by atoms with Crippen LogP contribution >= 0.6 is 0 Å². The van der Waals surface area contributed by atoms with Gasteiger partial charge in [-0.15, -0.1) is 0 Å². The van der Waals surface area contributed by atoms with E-state index in [0.717, 1.165) is 29.8 Å². The Morgan fingerprint density at radius 2 is 1.77 bits per heavy atom. The number of nitrogens with two attached hydrogens (primary N) is 1. The largest absolute Gasteiger partial charge is 0.457 e. The van der Waals surface area contributed by atoms with Gasteiger partial charge in [0.1, 0.15) is 11.5 Å². The maximum Gasteiger partial charge on any atom is 0.417 e. The van der Waals surface area contributed by atoms with E-state index in [2.05, 4.69) is 15.2 Å². The number of ether oxygens (including phenoxy) is 1. The topological polar surface area (TPSA) is 121 Å². The molecule has 1 atom stereocenters. The Labute approximate surface area is 275 Å². The molecule has 12 heteroatoms. The maximum absolute atomic E-state index is 13.9. The number of H-pyrrole nitrogens is 1. The molecule has 0 saturated carbocycles. The molecule has 1 saturated heterocycles. The predicted octanol–water partition coefficient (Wildman–Crippen LogP) is 6.48. The second-order valence-electron chi connectivity index (χ2n) is 12.3. The van der Waals surface area contributed by atoms with Crippen LogP contribution < -0.4 is 15.8 Å². The van der Waals surface area contributed by atoms with Crippen LogP contribution in [0.4, 0.5) is 18.9 Å². The van der Waals surface area contributed by atoms with Crippen molar-refractivity contribution in [1.82, 2.24) is 14.8 Å². The van der Waals surface area contributed by atoms with E-state index in [0.29, 0.717) is 53.0 Å². The van der Waals surface area contributed by atoms with Crippen LogP contribution in [0.1, 0.15) is 55.2 Å². The summed E-state index contributed by atoms with van der Waals surface area (Å²) < 4.78 is 47.7. The molecule has 4 aromatic rings. The number of likely N-dealkylation sites (N-methyl/N-ethyl adjacent to an activating group) is 1. The summed E-state index contributed by atoms with van der Waals surface area (Å²) in [6, 6.07) is 14.5. The van der Waals surface area contributed by atoms with E-state index >= 15 is 0 Å². The van der Waals surface area contributed by atoms with E-state index in [1.54, 1.807) is 30.3 Å². The number of fused-ring (bicyclic) bond motifs is 1. The fraction of sp³-hybridized carbons (Fsp3) is 0.250. The van der Waals surface area contributed by atoms with Crippen molar-refractivity contribution in [3.8, 4) is 22.6 Å². The number of halogens is 3. The lowest BCUT2D eigenvalue weighted by Crippen LogP contribution is -2.34. The van der Waals surface area contributed by atoms with E-state index < -0.39 is 17.6 Å². The molecule has 1 unspecified atom stereocenters. The van der Waals surface area contributed by atoms with Crippen molar-refractivity contribution in [2.75, 3.05) is 32.5 Å². The van der Waals surface area contributed by atoms with Gasteiger partial charge >= 0.3 is 6.18 Å². The Hall–Kier alpha value is -5.36. The number of amides is 3. The first-order chi connectivity index (χ1) is 22.7. The number of hydrogen-bond acceptors (Lipinski definition) is 5. The van der Waals surface area contributed by atoms with Crippen LogP contribution in [0.25, 0.3) is 22.8 Å². The molecule has 1 fully saturated rings. The number of primary amides is 1. The molecule has 3 amide bonds. The second kappa shape index (κ2) is 12.3. The molecule has 2 aliphatic rings. The van der Waals surface area contributed by atoms with Crippen molar-refractivity contribution in [2.24, 2.45) is 5.73 Å². The zero-order valence-electron chi connectivity index (χ0n) is 26.8. The monoisotopic (exact) mass is 657 g/mol.